The summed E-state index contributed by atoms with van der Waals surface area (Å²) in [6.45, 7) is 1.56. The van der Waals surface area contributed by atoms with Gasteiger partial charge in [-0.15, -0.1) is 0 Å². The van der Waals surface area contributed by atoms with Crippen molar-refractivity contribution in [2.24, 2.45) is 0 Å². The minimum atomic E-state index is -0.623. The van der Waals surface area contributed by atoms with Gasteiger partial charge < -0.3 is 29.6 Å². The SMILES string of the molecule is COC(=O)c1cc(OC)c(OC)cc1NC(=O)C1CNCCO1. The fourth-order valence-electron chi connectivity index (χ4n) is 2.21. The van der Waals surface area contributed by atoms with Gasteiger partial charge in [-0.3, -0.25) is 4.79 Å². The number of hydrogen-bond donors (Lipinski definition) is 2. The number of hydrogen-bond acceptors (Lipinski definition) is 7. The smallest absolute Gasteiger partial charge is 0.340 e. The zero-order chi connectivity index (χ0) is 16.8. The van der Waals surface area contributed by atoms with Gasteiger partial charge in [-0.05, 0) is 0 Å². The number of methoxy groups -OCH3 is 3. The number of amides is 1. The Morgan fingerprint density at radius 3 is 2.48 bits per heavy atom. The summed E-state index contributed by atoms with van der Waals surface area (Å²) in [6, 6.07) is 2.97. The Morgan fingerprint density at radius 2 is 1.91 bits per heavy atom. The van der Waals surface area contributed by atoms with Crippen LogP contribution in [0.1, 0.15) is 10.4 Å². The van der Waals surface area contributed by atoms with Crippen molar-refractivity contribution in [3.63, 3.8) is 0 Å². The summed E-state index contributed by atoms with van der Waals surface area (Å²) in [7, 11) is 4.19. The maximum Gasteiger partial charge on any atom is 0.340 e. The highest BCUT2D eigenvalue weighted by Gasteiger charge is 2.25. The summed E-state index contributed by atoms with van der Waals surface area (Å²) in [4.78, 5) is 24.2. The highest BCUT2D eigenvalue weighted by molar-refractivity contribution is 6.03. The molecule has 2 rings (SSSR count). The minimum Gasteiger partial charge on any atom is -0.493 e. The zero-order valence-corrected chi connectivity index (χ0v) is 13.3. The molecule has 8 nitrogen and oxygen atoms in total. The predicted molar refractivity (Wildman–Crippen MR) is 82.1 cm³/mol. The summed E-state index contributed by atoms with van der Waals surface area (Å²) in [5.74, 6) is -0.196. The predicted octanol–water partition coefficient (Wildman–Crippen LogP) is 0.417. The summed E-state index contributed by atoms with van der Waals surface area (Å²) in [5, 5.41) is 5.75. The van der Waals surface area contributed by atoms with E-state index in [1.807, 2.05) is 0 Å². The van der Waals surface area contributed by atoms with E-state index in [9.17, 15) is 9.59 Å². The van der Waals surface area contributed by atoms with Crippen molar-refractivity contribution in [3.8, 4) is 11.5 Å². The van der Waals surface area contributed by atoms with Crippen molar-refractivity contribution in [2.45, 2.75) is 6.10 Å². The van der Waals surface area contributed by atoms with Crippen LogP contribution >= 0.6 is 0 Å². The Hall–Kier alpha value is -2.32. The summed E-state index contributed by atoms with van der Waals surface area (Å²) < 4.78 is 20.5. The number of anilines is 1. The van der Waals surface area contributed by atoms with E-state index >= 15 is 0 Å². The standard InChI is InChI=1S/C15H20N2O6/c1-20-11-6-9(15(19)22-3)10(7-12(11)21-2)17-14(18)13-8-16-4-5-23-13/h6-7,13,16H,4-5,8H2,1-3H3,(H,17,18). The quantitative estimate of drug-likeness (QED) is 0.758. The summed E-state index contributed by atoms with van der Waals surface area (Å²) in [5.41, 5.74) is 0.441. The van der Waals surface area contributed by atoms with E-state index in [-0.39, 0.29) is 17.2 Å². The molecule has 2 N–H and O–H groups in total. The van der Waals surface area contributed by atoms with E-state index in [2.05, 4.69) is 10.6 Å². The third kappa shape index (κ3) is 3.91. The van der Waals surface area contributed by atoms with Crippen molar-refractivity contribution in [3.05, 3.63) is 17.7 Å². The number of carbonyl (C=O) groups excluding carboxylic acids is 2. The molecular formula is C15H20N2O6. The van der Waals surface area contributed by atoms with Gasteiger partial charge in [0.1, 0.15) is 6.10 Å². The molecule has 1 amide bonds. The molecule has 126 valence electrons. The maximum atomic E-state index is 12.3. The second kappa shape index (κ2) is 7.80. The van der Waals surface area contributed by atoms with Crippen LogP contribution in [0, 0.1) is 0 Å². The van der Waals surface area contributed by atoms with Gasteiger partial charge in [-0.1, -0.05) is 0 Å². The van der Waals surface area contributed by atoms with Gasteiger partial charge in [0.25, 0.3) is 5.91 Å². The second-order valence-electron chi connectivity index (χ2n) is 4.80. The van der Waals surface area contributed by atoms with Crippen LogP contribution < -0.4 is 20.1 Å². The Labute approximate surface area is 134 Å². The molecule has 0 bridgehead atoms. The first-order valence-electron chi connectivity index (χ1n) is 7.08. The fourth-order valence-corrected chi connectivity index (χ4v) is 2.21. The van der Waals surface area contributed by atoms with Crippen LogP contribution in [0.5, 0.6) is 11.5 Å². The van der Waals surface area contributed by atoms with Gasteiger partial charge in [0, 0.05) is 25.2 Å². The molecular weight excluding hydrogens is 304 g/mol. The first-order chi connectivity index (χ1) is 11.1. The Morgan fingerprint density at radius 1 is 1.22 bits per heavy atom. The molecule has 1 saturated heterocycles. The lowest BCUT2D eigenvalue weighted by Gasteiger charge is -2.23. The number of carbonyl (C=O) groups is 2. The average Bonchev–Trinajstić information content (AvgIpc) is 2.61. The van der Waals surface area contributed by atoms with Crippen LogP contribution in [-0.4, -0.2) is 59.0 Å². The van der Waals surface area contributed by atoms with Gasteiger partial charge in [-0.2, -0.15) is 0 Å². The van der Waals surface area contributed by atoms with Crippen LogP contribution in [0.2, 0.25) is 0 Å². The third-order valence-electron chi connectivity index (χ3n) is 3.41. The number of rotatable bonds is 5. The van der Waals surface area contributed by atoms with Gasteiger partial charge in [0.05, 0.1) is 39.2 Å². The van der Waals surface area contributed by atoms with Crippen molar-refractivity contribution in [1.82, 2.24) is 5.32 Å². The molecule has 0 aliphatic carbocycles. The molecule has 1 aliphatic heterocycles. The van der Waals surface area contributed by atoms with Crippen LogP contribution in [0.15, 0.2) is 12.1 Å². The lowest BCUT2D eigenvalue weighted by molar-refractivity contribution is -0.128. The second-order valence-corrected chi connectivity index (χ2v) is 4.80. The largest absolute Gasteiger partial charge is 0.493 e. The Balaban J connectivity index is 2.30. The molecule has 0 aromatic heterocycles. The molecule has 0 spiro atoms. The van der Waals surface area contributed by atoms with E-state index in [0.29, 0.717) is 31.2 Å². The van der Waals surface area contributed by atoms with Crippen molar-refractivity contribution in [2.75, 3.05) is 46.3 Å². The molecule has 23 heavy (non-hydrogen) atoms. The molecule has 1 aromatic rings. The minimum absolute atomic E-state index is 0.169. The number of esters is 1. The van der Waals surface area contributed by atoms with E-state index in [4.69, 9.17) is 18.9 Å². The molecule has 1 aliphatic rings. The molecule has 1 atom stereocenters. The molecule has 1 fully saturated rings. The van der Waals surface area contributed by atoms with E-state index in [1.165, 1.54) is 33.5 Å². The normalized spacial score (nSPS) is 17.3. The first-order valence-corrected chi connectivity index (χ1v) is 7.08. The lowest BCUT2D eigenvalue weighted by atomic mass is 10.1. The van der Waals surface area contributed by atoms with E-state index < -0.39 is 12.1 Å². The highest BCUT2D eigenvalue weighted by Crippen LogP contribution is 2.33. The van der Waals surface area contributed by atoms with Gasteiger partial charge in [0.15, 0.2) is 11.5 Å². The van der Waals surface area contributed by atoms with Crippen molar-refractivity contribution >= 4 is 17.6 Å². The number of benzene rings is 1. The van der Waals surface area contributed by atoms with Crippen LogP contribution in [0.25, 0.3) is 0 Å². The van der Waals surface area contributed by atoms with Crippen LogP contribution in [0.3, 0.4) is 0 Å². The molecule has 0 radical (unpaired) electrons. The van der Waals surface area contributed by atoms with Crippen LogP contribution in [0.4, 0.5) is 5.69 Å². The fraction of sp³-hybridized carbons (Fsp3) is 0.467. The van der Waals surface area contributed by atoms with Gasteiger partial charge in [-0.25, -0.2) is 4.79 Å². The first kappa shape index (κ1) is 17.0. The number of ether oxygens (including phenoxy) is 4. The number of morpholine rings is 1. The van der Waals surface area contributed by atoms with Gasteiger partial charge in [0.2, 0.25) is 0 Å². The van der Waals surface area contributed by atoms with E-state index in [0.717, 1.165) is 0 Å². The molecule has 8 heteroatoms. The number of nitrogens with one attached hydrogen (secondary N) is 2. The van der Waals surface area contributed by atoms with Gasteiger partial charge >= 0.3 is 5.97 Å². The summed E-state index contributed by atoms with van der Waals surface area (Å²) >= 11 is 0. The summed E-state index contributed by atoms with van der Waals surface area (Å²) in [6.07, 6.45) is -0.623. The molecule has 1 aromatic carbocycles. The van der Waals surface area contributed by atoms with Crippen molar-refractivity contribution < 1.29 is 28.5 Å². The molecule has 0 saturated carbocycles. The Bertz CT molecular complexity index is 584. The zero-order valence-electron chi connectivity index (χ0n) is 13.3. The highest BCUT2D eigenvalue weighted by atomic mass is 16.5. The molecule has 1 heterocycles. The maximum absolute atomic E-state index is 12.3. The van der Waals surface area contributed by atoms with Crippen molar-refractivity contribution in [1.29, 1.82) is 0 Å². The molecule has 1 unspecified atom stereocenters. The Kier molecular flexibility index (Phi) is 5.78. The topological polar surface area (TPSA) is 95.1 Å². The van der Waals surface area contributed by atoms with Crippen LogP contribution in [-0.2, 0) is 14.3 Å². The lowest BCUT2D eigenvalue weighted by Crippen LogP contribution is -2.45. The van der Waals surface area contributed by atoms with E-state index in [1.54, 1.807) is 0 Å². The third-order valence-corrected chi connectivity index (χ3v) is 3.41. The monoisotopic (exact) mass is 324 g/mol. The average molecular weight is 324 g/mol.